The zero-order valence-corrected chi connectivity index (χ0v) is 18.9. The van der Waals surface area contributed by atoms with Crippen LogP contribution in [-0.4, -0.2) is 15.5 Å². The molecule has 3 aromatic rings. The molecule has 4 rings (SSSR count). The summed E-state index contributed by atoms with van der Waals surface area (Å²) in [5, 5.41) is 11.9. The van der Waals surface area contributed by atoms with Crippen molar-refractivity contribution in [1.82, 2.24) is 4.57 Å². The average Bonchev–Trinajstić information content (AvgIpc) is 3.02. The van der Waals surface area contributed by atoms with Gasteiger partial charge in [-0.1, -0.05) is 62.9 Å². The quantitative estimate of drug-likeness (QED) is 0.487. The van der Waals surface area contributed by atoms with Crippen LogP contribution in [0.2, 0.25) is 0 Å². The number of hydrogen-bond acceptors (Lipinski definition) is 2. The van der Waals surface area contributed by atoms with E-state index in [4.69, 9.17) is 0 Å². The van der Waals surface area contributed by atoms with Gasteiger partial charge in [-0.2, -0.15) is 0 Å². The fourth-order valence-electron chi connectivity index (χ4n) is 4.74. The van der Waals surface area contributed by atoms with Crippen molar-refractivity contribution in [2.75, 3.05) is 0 Å². The first-order chi connectivity index (χ1) is 14.7. The highest BCUT2D eigenvalue weighted by atomic mass is 16.3. The third-order valence-corrected chi connectivity index (χ3v) is 7.09. The molecule has 2 aromatic carbocycles. The number of Topliss-reactive ketones (excluding diaryl/α,β-unsaturated/α-hetero) is 1. The van der Waals surface area contributed by atoms with Crippen LogP contribution >= 0.6 is 0 Å². The van der Waals surface area contributed by atoms with Crippen molar-refractivity contribution in [3.63, 3.8) is 0 Å². The Kier molecular flexibility index (Phi) is 5.01. The highest BCUT2D eigenvalue weighted by Crippen LogP contribution is 2.44. The summed E-state index contributed by atoms with van der Waals surface area (Å²) in [6, 6.07) is 16.2. The van der Waals surface area contributed by atoms with Gasteiger partial charge in [-0.3, -0.25) is 4.79 Å². The van der Waals surface area contributed by atoms with E-state index in [1.54, 1.807) is 6.08 Å². The van der Waals surface area contributed by atoms with E-state index >= 15 is 0 Å². The van der Waals surface area contributed by atoms with Gasteiger partial charge in [-0.05, 0) is 49.1 Å². The topological polar surface area (TPSA) is 42.2 Å². The van der Waals surface area contributed by atoms with Crippen molar-refractivity contribution in [2.45, 2.75) is 39.5 Å². The molecule has 0 saturated carbocycles. The first-order valence-corrected chi connectivity index (χ1v) is 10.7. The fraction of sp³-hybridized carbons (Fsp3) is 0.250. The monoisotopic (exact) mass is 411 g/mol. The smallest absolute Gasteiger partial charge is 0.201 e. The van der Waals surface area contributed by atoms with Gasteiger partial charge in [0.1, 0.15) is 5.76 Å². The minimum atomic E-state index is -0.315. The Labute approximate surface area is 184 Å². The minimum Gasteiger partial charge on any atom is -0.506 e. The first kappa shape index (κ1) is 20.9. The molecule has 1 N–H and O–H groups in total. The summed E-state index contributed by atoms with van der Waals surface area (Å²) in [4.78, 5) is 13.2. The summed E-state index contributed by atoms with van der Waals surface area (Å²) in [6.45, 7) is 12.7. The number of rotatable bonds is 5. The lowest BCUT2D eigenvalue weighted by molar-refractivity contribution is -0.111. The largest absolute Gasteiger partial charge is 0.506 e. The second kappa shape index (κ2) is 7.42. The Bertz CT molecular complexity index is 1300. The van der Waals surface area contributed by atoms with Crippen LogP contribution in [0.5, 0.6) is 0 Å². The van der Waals surface area contributed by atoms with Crippen LogP contribution in [0, 0.1) is 13.8 Å². The molecule has 1 heterocycles. The predicted molar refractivity (Wildman–Crippen MR) is 128 cm³/mol. The van der Waals surface area contributed by atoms with Gasteiger partial charge in [0.25, 0.3) is 0 Å². The molecule has 1 atom stereocenters. The maximum Gasteiger partial charge on any atom is 0.201 e. The summed E-state index contributed by atoms with van der Waals surface area (Å²) in [5.74, 6) is -0.0600. The number of carbonyl (C=O) groups is 1. The maximum atomic E-state index is 13.2. The van der Waals surface area contributed by atoms with Gasteiger partial charge in [-0.25, -0.2) is 0 Å². The lowest BCUT2D eigenvalue weighted by Gasteiger charge is -2.33. The molecule has 0 radical (unpaired) electrons. The summed E-state index contributed by atoms with van der Waals surface area (Å²) >= 11 is 0. The third-order valence-electron chi connectivity index (χ3n) is 7.09. The van der Waals surface area contributed by atoms with Crippen LogP contribution in [0.1, 0.15) is 42.7 Å². The number of nitrogens with zero attached hydrogens (tertiary/aromatic N) is 1. The molecular weight excluding hydrogens is 382 g/mol. The number of carbonyl (C=O) groups excluding carboxylic acids is 1. The Morgan fingerprint density at radius 1 is 1.13 bits per heavy atom. The summed E-state index contributed by atoms with van der Waals surface area (Å²) < 4.78 is 2.06. The van der Waals surface area contributed by atoms with Crippen LogP contribution in [0.15, 0.2) is 78.1 Å². The average molecular weight is 412 g/mol. The number of ketones is 1. The molecule has 3 nitrogen and oxygen atoms in total. The zero-order chi connectivity index (χ0) is 22.5. The standard InChI is InChI=1S/C28H29NO2/c1-7-28(5,22-14-10-8-12-17(22)2)18(3)16-21-26(30)25(27(21)31)24-19(4)29(6)23-15-11-9-13-20(23)24/h8-16,30H,3,7H2,1-2,4-6H3/b21-16+. The number of hydrogen-bond donors (Lipinski definition) is 1. The normalized spacial score (nSPS) is 17.2. The van der Waals surface area contributed by atoms with Crippen molar-refractivity contribution in [3.8, 4) is 0 Å². The van der Waals surface area contributed by atoms with E-state index in [2.05, 4.69) is 44.0 Å². The Morgan fingerprint density at radius 3 is 2.42 bits per heavy atom. The van der Waals surface area contributed by atoms with Crippen molar-refractivity contribution in [3.05, 3.63) is 100 Å². The van der Waals surface area contributed by atoms with E-state index in [1.807, 2.05) is 50.4 Å². The van der Waals surface area contributed by atoms with Crippen LogP contribution < -0.4 is 0 Å². The van der Waals surface area contributed by atoms with E-state index in [0.29, 0.717) is 11.1 Å². The highest BCUT2D eigenvalue weighted by Gasteiger charge is 2.39. The third kappa shape index (κ3) is 2.99. The molecule has 0 amide bonds. The molecule has 1 aliphatic rings. The first-order valence-electron chi connectivity index (χ1n) is 10.7. The Hall–Kier alpha value is -3.33. The second-order valence-electron chi connectivity index (χ2n) is 8.67. The number of benzene rings is 2. The molecule has 0 fully saturated rings. The summed E-state index contributed by atoms with van der Waals surface area (Å²) in [6.07, 6.45) is 2.62. The SMILES string of the molecule is C=C(/C=C1/C(=O)C(c2c(C)n(C)c3ccccc23)=C1O)C(C)(CC)c1ccccc1C. The zero-order valence-electron chi connectivity index (χ0n) is 18.9. The van der Waals surface area contributed by atoms with Gasteiger partial charge < -0.3 is 9.67 Å². The molecule has 0 bridgehead atoms. The lowest BCUT2D eigenvalue weighted by Crippen LogP contribution is -2.26. The van der Waals surface area contributed by atoms with Gasteiger partial charge in [0, 0.05) is 34.6 Å². The number of para-hydroxylation sites is 1. The number of allylic oxidation sites excluding steroid dienone is 4. The van der Waals surface area contributed by atoms with E-state index in [0.717, 1.165) is 34.2 Å². The van der Waals surface area contributed by atoms with Crippen LogP contribution in [0.4, 0.5) is 0 Å². The molecule has 0 spiro atoms. The van der Waals surface area contributed by atoms with E-state index < -0.39 is 0 Å². The summed E-state index contributed by atoms with van der Waals surface area (Å²) in [7, 11) is 1.98. The number of aromatic nitrogens is 1. The van der Waals surface area contributed by atoms with Crippen molar-refractivity contribution in [2.24, 2.45) is 7.05 Å². The van der Waals surface area contributed by atoms with Gasteiger partial charge in [-0.15, -0.1) is 0 Å². The molecule has 0 aliphatic heterocycles. The highest BCUT2D eigenvalue weighted by molar-refractivity contribution is 6.40. The molecule has 31 heavy (non-hydrogen) atoms. The number of aliphatic hydroxyl groups excluding tert-OH is 1. The van der Waals surface area contributed by atoms with Gasteiger partial charge >= 0.3 is 0 Å². The minimum absolute atomic E-state index is 0.0637. The number of aryl methyl sites for hydroxylation is 2. The fourth-order valence-corrected chi connectivity index (χ4v) is 4.74. The maximum absolute atomic E-state index is 13.2. The summed E-state index contributed by atoms with van der Waals surface area (Å²) in [5.41, 5.74) is 6.48. The number of aliphatic hydroxyl groups is 1. The predicted octanol–water partition coefficient (Wildman–Crippen LogP) is 6.50. The van der Waals surface area contributed by atoms with E-state index in [1.165, 1.54) is 11.1 Å². The van der Waals surface area contributed by atoms with Crippen LogP contribution in [0.25, 0.3) is 16.5 Å². The van der Waals surface area contributed by atoms with Crippen molar-refractivity contribution in [1.29, 1.82) is 0 Å². The van der Waals surface area contributed by atoms with Crippen LogP contribution in [0.3, 0.4) is 0 Å². The van der Waals surface area contributed by atoms with Gasteiger partial charge in [0.05, 0.1) is 11.1 Å². The van der Waals surface area contributed by atoms with Gasteiger partial charge in [0.15, 0.2) is 0 Å². The van der Waals surface area contributed by atoms with Gasteiger partial charge in [0.2, 0.25) is 5.78 Å². The molecule has 158 valence electrons. The Morgan fingerprint density at radius 2 is 1.77 bits per heavy atom. The van der Waals surface area contributed by atoms with Crippen molar-refractivity contribution >= 4 is 22.3 Å². The Balaban J connectivity index is 1.79. The molecule has 0 saturated heterocycles. The second-order valence-corrected chi connectivity index (χ2v) is 8.67. The molecule has 1 unspecified atom stereocenters. The molecular formula is C28H29NO2. The molecule has 1 aromatic heterocycles. The van der Waals surface area contributed by atoms with Crippen molar-refractivity contribution < 1.29 is 9.90 Å². The van der Waals surface area contributed by atoms with Crippen LogP contribution in [-0.2, 0) is 17.3 Å². The molecule has 1 aliphatic carbocycles. The number of fused-ring (bicyclic) bond motifs is 1. The van der Waals surface area contributed by atoms with E-state index in [9.17, 15) is 9.90 Å². The lowest BCUT2D eigenvalue weighted by atomic mass is 9.71. The van der Waals surface area contributed by atoms with E-state index in [-0.39, 0.29) is 17.0 Å². The molecule has 3 heteroatoms.